The average Bonchev–Trinajstić information content (AvgIpc) is 3.29. The first-order chi connectivity index (χ1) is 18.3. The van der Waals surface area contributed by atoms with Gasteiger partial charge < -0.3 is 4.90 Å². The molecule has 0 bridgehead atoms. The van der Waals surface area contributed by atoms with Gasteiger partial charge in [0.25, 0.3) is 0 Å². The quantitative estimate of drug-likeness (QED) is 0.233. The lowest BCUT2D eigenvalue weighted by Gasteiger charge is -2.29. The number of hydrogen-bond acceptors (Lipinski definition) is 1. The first kappa shape index (κ1) is 23.3. The third-order valence-corrected chi connectivity index (χ3v) is 8.95. The summed E-state index contributed by atoms with van der Waals surface area (Å²) in [5.74, 6) is 0. The monoisotopic (exact) mass is 511 g/mol. The van der Waals surface area contributed by atoms with Crippen LogP contribution in [-0.4, -0.2) is 0 Å². The van der Waals surface area contributed by atoms with Crippen LogP contribution in [0.25, 0.3) is 22.3 Å². The normalized spacial score (nSPS) is 15.4. The molecule has 0 saturated heterocycles. The van der Waals surface area contributed by atoms with Crippen LogP contribution in [0.5, 0.6) is 0 Å². The zero-order chi connectivity index (χ0) is 26.2. The van der Waals surface area contributed by atoms with Crippen molar-refractivity contribution < 1.29 is 0 Å². The van der Waals surface area contributed by atoms with Crippen molar-refractivity contribution in [3.8, 4) is 22.3 Å². The van der Waals surface area contributed by atoms with Crippen LogP contribution < -0.4 is 4.90 Å². The van der Waals surface area contributed by atoms with Gasteiger partial charge in [0.2, 0.25) is 0 Å². The summed E-state index contributed by atoms with van der Waals surface area (Å²) in [5.41, 5.74) is 14.0. The molecule has 0 heterocycles. The molecule has 0 unspecified atom stereocenters. The third kappa shape index (κ3) is 3.25. The molecule has 0 aliphatic heterocycles. The van der Waals surface area contributed by atoms with E-state index in [1.54, 1.807) is 0 Å². The summed E-state index contributed by atoms with van der Waals surface area (Å²) in [7, 11) is 0. The summed E-state index contributed by atoms with van der Waals surface area (Å²) in [6.45, 7) is 9.33. The van der Waals surface area contributed by atoms with Crippen molar-refractivity contribution >= 4 is 28.7 Å². The highest BCUT2D eigenvalue weighted by molar-refractivity contribution is 6.30. The SMILES string of the molecule is CC1(C)c2ccccc2-c2ccc(N(c3cccc(Cl)c3)c3ccc4c(c3)C(C)(C)c3ccccc3-4)cc21. The number of anilines is 3. The van der Waals surface area contributed by atoms with Crippen molar-refractivity contribution in [1.29, 1.82) is 0 Å². The molecular weight excluding hydrogens is 482 g/mol. The lowest BCUT2D eigenvalue weighted by Crippen LogP contribution is -2.18. The van der Waals surface area contributed by atoms with Crippen LogP contribution in [0.4, 0.5) is 17.1 Å². The van der Waals surface area contributed by atoms with Crippen LogP contribution >= 0.6 is 11.6 Å². The molecule has 2 heteroatoms. The number of rotatable bonds is 3. The van der Waals surface area contributed by atoms with Gasteiger partial charge >= 0.3 is 0 Å². The summed E-state index contributed by atoms with van der Waals surface area (Å²) in [6, 6.07) is 39.6. The first-order valence-corrected chi connectivity index (χ1v) is 13.7. The third-order valence-electron chi connectivity index (χ3n) is 8.72. The highest BCUT2D eigenvalue weighted by Crippen LogP contribution is 2.53. The molecule has 38 heavy (non-hydrogen) atoms. The number of nitrogens with zero attached hydrogens (tertiary/aromatic N) is 1. The minimum absolute atomic E-state index is 0.0660. The van der Waals surface area contributed by atoms with Crippen LogP contribution in [0.15, 0.2) is 109 Å². The van der Waals surface area contributed by atoms with Crippen molar-refractivity contribution in [2.75, 3.05) is 4.90 Å². The number of fused-ring (bicyclic) bond motifs is 6. The van der Waals surface area contributed by atoms with E-state index >= 15 is 0 Å². The number of benzene rings is 5. The van der Waals surface area contributed by atoms with E-state index in [1.165, 1.54) is 44.5 Å². The van der Waals surface area contributed by atoms with Crippen molar-refractivity contribution in [3.63, 3.8) is 0 Å². The van der Waals surface area contributed by atoms with Gasteiger partial charge in [-0.1, -0.05) is 106 Å². The molecular formula is C36H30ClN. The minimum atomic E-state index is -0.0660. The van der Waals surface area contributed by atoms with Gasteiger partial charge in [-0.15, -0.1) is 0 Å². The maximum Gasteiger partial charge on any atom is 0.0476 e. The molecule has 0 aromatic heterocycles. The zero-order valence-corrected chi connectivity index (χ0v) is 23.0. The van der Waals surface area contributed by atoms with Crippen molar-refractivity contribution in [1.82, 2.24) is 0 Å². The zero-order valence-electron chi connectivity index (χ0n) is 22.2. The molecule has 7 rings (SSSR count). The predicted octanol–water partition coefficient (Wildman–Crippen LogP) is 10.4. The molecule has 0 saturated carbocycles. The van der Waals surface area contributed by atoms with E-state index in [9.17, 15) is 0 Å². The Hall–Kier alpha value is -3.81. The Kier molecular flexibility index (Phi) is 4.97. The number of hydrogen-bond donors (Lipinski definition) is 0. The molecule has 5 aromatic carbocycles. The molecule has 0 fully saturated rings. The van der Waals surface area contributed by atoms with E-state index in [1.807, 2.05) is 12.1 Å². The van der Waals surface area contributed by atoms with Crippen molar-refractivity contribution in [2.24, 2.45) is 0 Å². The molecule has 0 atom stereocenters. The first-order valence-electron chi connectivity index (χ1n) is 13.3. The molecule has 2 aliphatic rings. The summed E-state index contributed by atoms with van der Waals surface area (Å²) in [6.07, 6.45) is 0. The molecule has 2 aliphatic carbocycles. The second-order valence-electron chi connectivity index (χ2n) is 11.6. The average molecular weight is 512 g/mol. The maximum atomic E-state index is 6.54. The van der Waals surface area contributed by atoms with Crippen LogP contribution in [0.1, 0.15) is 49.9 Å². The molecule has 0 amide bonds. The molecule has 186 valence electrons. The summed E-state index contributed by atoms with van der Waals surface area (Å²) >= 11 is 6.54. The topological polar surface area (TPSA) is 3.24 Å². The van der Waals surface area contributed by atoms with Gasteiger partial charge in [-0.25, -0.2) is 0 Å². The molecule has 5 aromatic rings. The molecule has 0 radical (unpaired) electrons. The second-order valence-corrected chi connectivity index (χ2v) is 12.1. The highest BCUT2D eigenvalue weighted by Gasteiger charge is 2.37. The molecule has 0 spiro atoms. The van der Waals surface area contributed by atoms with Crippen LogP contribution in [0.2, 0.25) is 5.02 Å². The Bertz CT molecular complexity index is 1640. The van der Waals surface area contributed by atoms with E-state index in [4.69, 9.17) is 11.6 Å². The standard InChI is InChI=1S/C36H30ClN/c1-35(2)31-14-7-5-12-27(31)29-18-16-25(21-33(29)35)38(24-11-9-10-23(37)20-24)26-17-19-30-28-13-6-8-15-32(28)36(3,4)34(30)22-26/h5-22H,1-4H3. The van der Waals surface area contributed by atoms with Crippen LogP contribution in [-0.2, 0) is 10.8 Å². The minimum Gasteiger partial charge on any atom is -0.310 e. The Morgan fingerprint density at radius 1 is 0.447 bits per heavy atom. The lowest BCUT2D eigenvalue weighted by atomic mass is 9.82. The van der Waals surface area contributed by atoms with Gasteiger partial charge in [0.05, 0.1) is 0 Å². The summed E-state index contributed by atoms with van der Waals surface area (Å²) in [5, 5.41) is 0.732. The molecule has 0 N–H and O–H groups in total. The predicted molar refractivity (Wildman–Crippen MR) is 161 cm³/mol. The Balaban J connectivity index is 1.43. The van der Waals surface area contributed by atoms with Crippen LogP contribution in [0, 0.1) is 0 Å². The van der Waals surface area contributed by atoms with E-state index in [0.717, 1.165) is 22.1 Å². The van der Waals surface area contributed by atoms with E-state index in [2.05, 4.69) is 130 Å². The van der Waals surface area contributed by atoms with Crippen molar-refractivity contribution in [2.45, 2.75) is 38.5 Å². The fraction of sp³-hybridized carbons (Fsp3) is 0.167. The Labute approximate surface area is 230 Å². The van der Waals surface area contributed by atoms with Gasteiger partial charge in [-0.3, -0.25) is 0 Å². The lowest BCUT2D eigenvalue weighted by molar-refractivity contribution is 0.660. The Morgan fingerprint density at radius 3 is 1.39 bits per heavy atom. The smallest absolute Gasteiger partial charge is 0.0476 e. The van der Waals surface area contributed by atoms with E-state index in [-0.39, 0.29) is 10.8 Å². The van der Waals surface area contributed by atoms with Gasteiger partial charge in [0.1, 0.15) is 0 Å². The largest absolute Gasteiger partial charge is 0.310 e. The fourth-order valence-electron chi connectivity index (χ4n) is 6.73. The van der Waals surface area contributed by atoms with Gasteiger partial charge in [-0.05, 0) is 87.0 Å². The van der Waals surface area contributed by atoms with Gasteiger partial charge in [0.15, 0.2) is 0 Å². The maximum absolute atomic E-state index is 6.54. The van der Waals surface area contributed by atoms with Crippen molar-refractivity contribution in [3.05, 3.63) is 136 Å². The second kappa shape index (κ2) is 8.09. The van der Waals surface area contributed by atoms with Gasteiger partial charge in [0, 0.05) is 32.9 Å². The highest BCUT2D eigenvalue weighted by atomic mass is 35.5. The van der Waals surface area contributed by atoms with E-state index in [0.29, 0.717) is 0 Å². The summed E-state index contributed by atoms with van der Waals surface area (Å²) < 4.78 is 0. The van der Waals surface area contributed by atoms with Gasteiger partial charge in [-0.2, -0.15) is 0 Å². The summed E-state index contributed by atoms with van der Waals surface area (Å²) in [4.78, 5) is 2.35. The fourth-order valence-corrected chi connectivity index (χ4v) is 6.91. The van der Waals surface area contributed by atoms with E-state index < -0.39 is 0 Å². The number of halogens is 1. The molecule has 1 nitrogen and oxygen atoms in total. The Morgan fingerprint density at radius 2 is 0.895 bits per heavy atom. The van der Waals surface area contributed by atoms with Crippen LogP contribution in [0.3, 0.4) is 0 Å².